The zero-order valence-electron chi connectivity index (χ0n) is 9.32. The molecule has 0 spiro atoms. The standard InChI is InChI=1S/C13H14O4/c1-2-4-8(5-3-1)6-14-10-9-7-15-13(16-9)12-11(10)17-12/h1-5,9-13H,6-7H2/t9-,10-,11+,12-,13-/m1/s1. The second-order valence-corrected chi connectivity index (χ2v) is 4.70. The molecule has 4 nitrogen and oxygen atoms in total. The van der Waals surface area contributed by atoms with E-state index < -0.39 is 0 Å². The van der Waals surface area contributed by atoms with Crippen molar-refractivity contribution in [2.75, 3.05) is 6.61 Å². The summed E-state index contributed by atoms with van der Waals surface area (Å²) in [5.41, 5.74) is 1.17. The molecule has 0 aliphatic carbocycles. The summed E-state index contributed by atoms with van der Waals surface area (Å²) in [6, 6.07) is 10.1. The Labute approximate surface area is 99.4 Å². The molecule has 0 N–H and O–H groups in total. The van der Waals surface area contributed by atoms with E-state index in [9.17, 15) is 0 Å². The Hall–Kier alpha value is -0.940. The van der Waals surface area contributed by atoms with Crippen molar-refractivity contribution in [2.24, 2.45) is 0 Å². The van der Waals surface area contributed by atoms with Crippen LogP contribution in [0.15, 0.2) is 30.3 Å². The minimum absolute atomic E-state index is 0.0129. The second-order valence-electron chi connectivity index (χ2n) is 4.70. The van der Waals surface area contributed by atoms with E-state index in [2.05, 4.69) is 12.1 Å². The zero-order valence-corrected chi connectivity index (χ0v) is 9.32. The van der Waals surface area contributed by atoms with E-state index >= 15 is 0 Å². The van der Waals surface area contributed by atoms with Gasteiger partial charge in [0.25, 0.3) is 0 Å². The van der Waals surface area contributed by atoms with Gasteiger partial charge in [-0.2, -0.15) is 0 Å². The number of epoxide rings is 1. The van der Waals surface area contributed by atoms with Crippen molar-refractivity contribution in [1.82, 2.24) is 0 Å². The lowest BCUT2D eigenvalue weighted by atomic mass is 10.1. The van der Waals surface area contributed by atoms with E-state index in [-0.39, 0.29) is 30.7 Å². The lowest BCUT2D eigenvalue weighted by Crippen LogP contribution is -2.41. The molecule has 4 heteroatoms. The van der Waals surface area contributed by atoms with Crippen LogP contribution in [0.4, 0.5) is 0 Å². The molecule has 17 heavy (non-hydrogen) atoms. The molecule has 0 unspecified atom stereocenters. The summed E-state index contributed by atoms with van der Waals surface area (Å²) >= 11 is 0. The smallest absolute Gasteiger partial charge is 0.187 e. The van der Waals surface area contributed by atoms with Gasteiger partial charge in [0, 0.05) is 0 Å². The number of hydrogen-bond acceptors (Lipinski definition) is 4. The predicted molar refractivity (Wildman–Crippen MR) is 58.3 cm³/mol. The van der Waals surface area contributed by atoms with Gasteiger partial charge in [-0.05, 0) is 5.56 Å². The molecule has 4 rings (SSSR count). The monoisotopic (exact) mass is 234 g/mol. The highest BCUT2D eigenvalue weighted by Gasteiger charge is 2.62. The fourth-order valence-corrected chi connectivity index (χ4v) is 2.58. The molecule has 2 bridgehead atoms. The van der Waals surface area contributed by atoms with Crippen LogP contribution in [0.25, 0.3) is 0 Å². The molecular weight excluding hydrogens is 220 g/mol. The third kappa shape index (κ3) is 1.68. The highest BCUT2D eigenvalue weighted by atomic mass is 16.8. The maximum Gasteiger partial charge on any atom is 0.187 e. The largest absolute Gasteiger partial charge is 0.368 e. The summed E-state index contributed by atoms with van der Waals surface area (Å²) in [6.07, 6.45) is 0.160. The first-order valence-corrected chi connectivity index (χ1v) is 6.00. The minimum Gasteiger partial charge on any atom is -0.368 e. The van der Waals surface area contributed by atoms with E-state index in [1.54, 1.807) is 0 Å². The second kappa shape index (κ2) is 3.78. The number of hydrogen-bond donors (Lipinski definition) is 0. The molecule has 3 aliphatic heterocycles. The molecule has 0 amide bonds. The maximum atomic E-state index is 5.92. The topological polar surface area (TPSA) is 40.2 Å². The van der Waals surface area contributed by atoms with Gasteiger partial charge >= 0.3 is 0 Å². The predicted octanol–water partition coefficient (Wildman–Crippen LogP) is 1.09. The van der Waals surface area contributed by atoms with Crippen molar-refractivity contribution >= 4 is 0 Å². The van der Waals surface area contributed by atoms with Gasteiger partial charge in [-0.25, -0.2) is 0 Å². The van der Waals surface area contributed by atoms with Crippen LogP contribution < -0.4 is 0 Å². The van der Waals surface area contributed by atoms with Crippen LogP contribution in [0, 0.1) is 0 Å². The molecule has 1 aromatic rings. The van der Waals surface area contributed by atoms with Crippen molar-refractivity contribution in [2.45, 2.75) is 37.3 Å². The minimum atomic E-state index is -0.151. The van der Waals surface area contributed by atoms with Crippen LogP contribution in [0.3, 0.4) is 0 Å². The fourth-order valence-electron chi connectivity index (χ4n) is 2.58. The lowest BCUT2D eigenvalue weighted by molar-refractivity contribution is -0.121. The van der Waals surface area contributed by atoms with Crippen LogP contribution in [0.1, 0.15) is 5.56 Å². The molecule has 90 valence electrons. The van der Waals surface area contributed by atoms with Gasteiger partial charge in [-0.3, -0.25) is 0 Å². The Morgan fingerprint density at radius 1 is 1.12 bits per heavy atom. The number of rotatable bonds is 3. The average molecular weight is 234 g/mol. The number of benzene rings is 1. The highest BCUT2D eigenvalue weighted by Crippen LogP contribution is 2.43. The van der Waals surface area contributed by atoms with Crippen molar-refractivity contribution in [3.63, 3.8) is 0 Å². The Morgan fingerprint density at radius 3 is 2.88 bits per heavy atom. The average Bonchev–Trinajstić information content (AvgIpc) is 3.05. The van der Waals surface area contributed by atoms with Crippen LogP contribution in [-0.4, -0.2) is 37.3 Å². The molecule has 3 saturated heterocycles. The van der Waals surface area contributed by atoms with Crippen LogP contribution in [0.2, 0.25) is 0 Å². The molecule has 0 aromatic heterocycles. The van der Waals surface area contributed by atoms with Gasteiger partial charge in [0.15, 0.2) is 6.29 Å². The summed E-state index contributed by atoms with van der Waals surface area (Å²) < 4.78 is 22.6. The Balaban J connectivity index is 1.43. The van der Waals surface area contributed by atoms with Crippen LogP contribution in [-0.2, 0) is 25.6 Å². The maximum absolute atomic E-state index is 5.92. The number of ether oxygens (including phenoxy) is 4. The third-order valence-electron chi connectivity index (χ3n) is 3.54. The van der Waals surface area contributed by atoms with Gasteiger partial charge in [0.1, 0.15) is 24.4 Å². The van der Waals surface area contributed by atoms with Gasteiger partial charge in [-0.1, -0.05) is 30.3 Å². The molecule has 3 fully saturated rings. The summed E-state index contributed by atoms with van der Waals surface area (Å²) in [5, 5.41) is 0. The van der Waals surface area contributed by atoms with Crippen molar-refractivity contribution in [3.05, 3.63) is 35.9 Å². The van der Waals surface area contributed by atoms with Gasteiger partial charge < -0.3 is 18.9 Å². The van der Waals surface area contributed by atoms with Gasteiger partial charge in [-0.15, -0.1) is 0 Å². The molecule has 3 heterocycles. The SMILES string of the molecule is c1ccc(CO[C@H]2[C@@H]3O[C@H]3[C@@H]3OC[C@H]2O3)cc1. The normalized spacial score (nSPS) is 42.2. The lowest BCUT2D eigenvalue weighted by Gasteiger charge is -2.24. The molecule has 0 saturated carbocycles. The van der Waals surface area contributed by atoms with E-state index in [0.717, 1.165) is 0 Å². The molecule has 3 aliphatic rings. The van der Waals surface area contributed by atoms with Gasteiger partial charge in [0.2, 0.25) is 0 Å². The van der Waals surface area contributed by atoms with E-state index in [0.29, 0.717) is 13.2 Å². The summed E-state index contributed by atoms with van der Waals surface area (Å²) in [4.78, 5) is 0. The third-order valence-corrected chi connectivity index (χ3v) is 3.54. The number of fused-ring (bicyclic) bond motifs is 4. The Bertz CT molecular complexity index is 407. The zero-order chi connectivity index (χ0) is 11.2. The molecular formula is C13H14O4. The van der Waals surface area contributed by atoms with E-state index in [1.807, 2.05) is 18.2 Å². The first kappa shape index (κ1) is 10.0. The van der Waals surface area contributed by atoms with Crippen molar-refractivity contribution in [1.29, 1.82) is 0 Å². The van der Waals surface area contributed by atoms with Crippen molar-refractivity contribution in [3.8, 4) is 0 Å². The fraction of sp³-hybridized carbons (Fsp3) is 0.538. The first-order valence-electron chi connectivity index (χ1n) is 6.00. The van der Waals surface area contributed by atoms with Crippen LogP contribution in [0.5, 0.6) is 0 Å². The quantitative estimate of drug-likeness (QED) is 0.734. The Morgan fingerprint density at radius 2 is 2.00 bits per heavy atom. The van der Waals surface area contributed by atoms with Gasteiger partial charge in [0.05, 0.1) is 13.2 Å². The van der Waals surface area contributed by atoms with E-state index in [1.165, 1.54) is 5.56 Å². The molecule has 0 radical (unpaired) electrons. The first-order chi connectivity index (χ1) is 8.42. The summed E-state index contributed by atoms with van der Waals surface area (Å²) in [7, 11) is 0. The van der Waals surface area contributed by atoms with Crippen molar-refractivity contribution < 1.29 is 18.9 Å². The van der Waals surface area contributed by atoms with Crippen LogP contribution >= 0.6 is 0 Å². The summed E-state index contributed by atoms with van der Waals surface area (Å²) in [5.74, 6) is 0. The molecule has 1 aromatic carbocycles. The highest BCUT2D eigenvalue weighted by molar-refractivity contribution is 5.14. The summed E-state index contributed by atoms with van der Waals surface area (Å²) in [6.45, 7) is 1.23. The molecule has 5 atom stereocenters. The van der Waals surface area contributed by atoms with E-state index in [4.69, 9.17) is 18.9 Å². The Kier molecular flexibility index (Phi) is 2.23.